The van der Waals surface area contributed by atoms with Crippen molar-refractivity contribution in [2.24, 2.45) is 0 Å². The first-order chi connectivity index (χ1) is 17.2. The highest BCUT2D eigenvalue weighted by molar-refractivity contribution is 8.05. The number of pyridine rings is 1. The molecule has 1 saturated carbocycles. The first kappa shape index (κ1) is 23.3. The molecule has 2 aliphatic heterocycles. The molecule has 0 spiro atoms. The van der Waals surface area contributed by atoms with E-state index in [2.05, 4.69) is 51.6 Å². The van der Waals surface area contributed by atoms with Crippen LogP contribution in [0.1, 0.15) is 37.4 Å². The van der Waals surface area contributed by atoms with Crippen LogP contribution in [0, 0.1) is 0 Å². The molecule has 3 aliphatic rings. The lowest BCUT2D eigenvalue weighted by Gasteiger charge is -2.35. The molecule has 2 fully saturated rings. The minimum Gasteiger partial charge on any atom is -0.381 e. The van der Waals surface area contributed by atoms with Crippen molar-refractivity contribution >= 4 is 46.5 Å². The van der Waals surface area contributed by atoms with Crippen LogP contribution < -0.4 is 15.8 Å². The van der Waals surface area contributed by atoms with Gasteiger partial charge in [-0.2, -0.15) is 0 Å². The van der Waals surface area contributed by atoms with Crippen molar-refractivity contribution < 1.29 is 4.74 Å². The van der Waals surface area contributed by atoms with Crippen LogP contribution in [-0.2, 0) is 4.74 Å². The van der Waals surface area contributed by atoms with Crippen LogP contribution in [0.4, 0.5) is 11.4 Å². The van der Waals surface area contributed by atoms with Crippen LogP contribution in [0.15, 0.2) is 79.1 Å². The molecule has 1 aliphatic carbocycles. The zero-order valence-electron chi connectivity index (χ0n) is 19.3. The Morgan fingerprint density at radius 1 is 1.03 bits per heavy atom. The van der Waals surface area contributed by atoms with Gasteiger partial charge >= 0.3 is 0 Å². The van der Waals surface area contributed by atoms with E-state index in [9.17, 15) is 4.79 Å². The van der Waals surface area contributed by atoms with Gasteiger partial charge in [-0.1, -0.05) is 48.5 Å². The van der Waals surface area contributed by atoms with Crippen molar-refractivity contribution in [3.05, 3.63) is 70.6 Å². The molecule has 35 heavy (non-hydrogen) atoms. The molecular formula is C27H28ClN3O2S2. The van der Waals surface area contributed by atoms with Gasteiger partial charge < -0.3 is 19.9 Å². The number of nitrogens with zero attached hydrogens (tertiary/aromatic N) is 1. The number of rotatable bonds is 4. The third-order valence-corrected chi connectivity index (χ3v) is 10.1. The van der Waals surface area contributed by atoms with E-state index < -0.39 is 0 Å². The number of nitrogens with one attached hydrogen (secondary N) is 2. The summed E-state index contributed by atoms with van der Waals surface area (Å²) in [4.78, 5) is 22.3. The number of aromatic nitrogens is 1. The Balaban J connectivity index is 1.23. The summed E-state index contributed by atoms with van der Waals surface area (Å²) in [6, 6.07) is 17.2. The molecule has 6 rings (SSSR count). The van der Waals surface area contributed by atoms with Gasteiger partial charge in [0.25, 0.3) is 5.56 Å². The van der Waals surface area contributed by atoms with Crippen LogP contribution >= 0.6 is 35.1 Å². The monoisotopic (exact) mass is 525 g/mol. The number of ether oxygens (including phenoxy) is 1. The summed E-state index contributed by atoms with van der Waals surface area (Å²) in [6.45, 7) is 1.96. The molecule has 3 unspecified atom stereocenters. The van der Waals surface area contributed by atoms with Gasteiger partial charge in [-0.3, -0.25) is 4.79 Å². The van der Waals surface area contributed by atoms with E-state index in [0.717, 1.165) is 18.5 Å². The van der Waals surface area contributed by atoms with Crippen molar-refractivity contribution in [1.29, 1.82) is 0 Å². The number of H-pyrrole nitrogens is 1. The number of aromatic amines is 1. The molecule has 1 saturated heterocycles. The number of anilines is 2. The maximum absolute atomic E-state index is 12.3. The summed E-state index contributed by atoms with van der Waals surface area (Å²) in [5.41, 5.74) is 2.99. The molecule has 3 aromatic rings. The second kappa shape index (κ2) is 10.1. The lowest BCUT2D eigenvalue weighted by molar-refractivity contribution is 0.0378. The summed E-state index contributed by atoms with van der Waals surface area (Å²) < 4.78 is 6.22. The third-order valence-electron chi connectivity index (χ3n) is 6.97. The molecule has 0 bridgehead atoms. The third kappa shape index (κ3) is 4.84. The number of hydrogen-bond donors (Lipinski definition) is 2. The van der Waals surface area contributed by atoms with Crippen LogP contribution in [0.2, 0.25) is 0 Å². The first-order valence-corrected chi connectivity index (χ1v) is 14.3. The predicted octanol–water partition coefficient (Wildman–Crippen LogP) is 6.53. The van der Waals surface area contributed by atoms with E-state index in [1.54, 1.807) is 6.20 Å². The molecule has 1 aromatic heterocycles. The summed E-state index contributed by atoms with van der Waals surface area (Å²) in [6.07, 6.45) is 6.28. The van der Waals surface area contributed by atoms with E-state index in [-0.39, 0.29) is 17.0 Å². The van der Waals surface area contributed by atoms with Crippen molar-refractivity contribution in [2.45, 2.75) is 62.8 Å². The number of benzene rings is 2. The Bertz CT molecular complexity index is 1280. The fourth-order valence-electron chi connectivity index (χ4n) is 5.15. The molecule has 182 valence electrons. The Hall–Kier alpha value is -2.06. The van der Waals surface area contributed by atoms with Gasteiger partial charge in [0.05, 0.1) is 12.0 Å². The van der Waals surface area contributed by atoms with E-state index in [0.29, 0.717) is 31.4 Å². The fourth-order valence-corrected chi connectivity index (χ4v) is 7.94. The highest BCUT2D eigenvalue weighted by Crippen LogP contribution is 2.52. The van der Waals surface area contributed by atoms with Gasteiger partial charge in [0, 0.05) is 50.6 Å². The molecule has 8 heteroatoms. The largest absolute Gasteiger partial charge is 0.381 e. The van der Waals surface area contributed by atoms with Gasteiger partial charge in [-0.15, -0.1) is 11.6 Å². The van der Waals surface area contributed by atoms with E-state index >= 15 is 0 Å². The average molecular weight is 526 g/mol. The van der Waals surface area contributed by atoms with E-state index in [1.807, 2.05) is 35.7 Å². The van der Waals surface area contributed by atoms with Gasteiger partial charge in [0.2, 0.25) is 0 Å². The zero-order chi connectivity index (χ0) is 23.8. The number of hydrogen-bond acceptors (Lipinski definition) is 6. The number of morpholine rings is 1. The van der Waals surface area contributed by atoms with Crippen LogP contribution in [0.3, 0.4) is 0 Å². The predicted molar refractivity (Wildman–Crippen MR) is 145 cm³/mol. The topological polar surface area (TPSA) is 57.4 Å². The quantitative estimate of drug-likeness (QED) is 0.295. The minimum atomic E-state index is -0.0825. The zero-order valence-corrected chi connectivity index (χ0v) is 21.7. The highest BCUT2D eigenvalue weighted by Gasteiger charge is 2.29. The van der Waals surface area contributed by atoms with Crippen LogP contribution in [0.5, 0.6) is 0 Å². The number of alkyl halides is 1. The first-order valence-electron chi connectivity index (χ1n) is 12.2. The summed E-state index contributed by atoms with van der Waals surface area (Å²) in [7, 11) is 0. The Morgan fingerprint density at radius 3 is 2.83 bits per heavy atom. The molecule has 0 radical (unpaired) electrons. The van der Waals surface area contributed by atoms with E-state index in [1.165, 1.54) is 38.0 Å². The molecule has 3 atom stereocenters. The highest BCUT2D eigenvalue weighted by atomic mass is 35.5. The van der Waals surface area contributed by atoms with Crippen molar-refractivity contribution in [2.75, 3.05) is 29.9 Å². The minimum absolute atomic E-state index is 0.0553. The van der Waals surface area contributed by atoms with Crippen molar-refractivity contribution in [3.8, 4) is 0 Å². The average Bonchev–Trinajstić information content (AvgIpc) is 2.89. The van der Waals surface area contributed by atoms with Gasteiger partial charge in [0.15, 0.2) is 0 Å². The Labute approximate surface area is 219 Å². The molecule has 0 amide bonds. The summed E-state index contributed by atoms with van der Waals surface area (Å²) in [5.74, 6) is 0. The maximum atomic E-state index is 12.3. The molecule has 5 nitrogen and oxygen atoms in total. The Morgan fingerprint density at radius 2 is 1.94 bits per heavy atom. The second-order valence-electron chi connectivity index (χ2n) is 9.28. The second-order valence-corrected chi connectivity index (χ2v) is 12.0. The van der Waals surface area contributed by atoms with Crippen molar-refractivity contribution in [1.82, 2.24) is 4.98 Å². The van der Waals surface area contributed by atoms with Crippen LogP contribution in [-0.4, -0.2) is 36.1 Å². The number of halogens is 1. The fraction of sp³-hybridized carbons (Fsp3) is 0.370. The number of fused-ring (bicyclic) bond motifs is 2. The standard InChI is InChI=1S/C27H28ClN3O2S2/c28-19-6-1-2-7-20(19)30-17-10-11-23-25(15-17)34-24-9-3-5-18(26(24)35-23)22-16-31(13-14-33-22)21-8-4-12-29-27(21)32/h3-5,8-12,15,19-20,22,30H,1-2,6-7,13-14,16H2,(H,29,32). The van der Waals surface area contributed by atoms with Gasteiger partial charge in [0.1, 0.15) is 11.8 Å². The molecular weight excluding hydrogens is 498 g/mol. The molecule has 3 heterocycles. The van der Waals surface area contributed by atoms with Gasteiger partial charge in [-0.05, 0) is 54.8 Å². The summed E-state index contributed by atoms with van der Waals surface area (Å²) in [5, 5.41) is 3.89. The lowest BCUT2D eigenvalue weighted by atomic mass is 9.95. The smallest absolute Gasteiger partial charge is 0.271 e. The van der Waals surface area contributed by atoms with E-state index in [4.69, 9.17) is 16.3 Å². The van der Waals surface area contributed by atoms with Crippen molar-refractivity contribution in [3.63, 3.8) is 0 Å². The van der Waals surface area contributed by atoms with Gasteiger partial charge in [-0.25, -0.2) is 0 Å². The molecule has 2 aromatic carbocycles. The SMILES string of the molecule is O=c1[nH]cccc1N1CCOC(c2cccc3c2Sc2ccc(NC4CCCCC4Cl)cc2S3)C1. The van der Waals surface area contributed by atoms with Crippen LogP contribution in [0.25, 0.3) is 0 Å². The Kier molecular flexibility index (Phi) is 6.76. The summed E-state index contributed by atoms with van der Waals surface area (Å²) >= 11 is 10.2. The lowest BCUT2D eigenvalue weighted by Crippen LogP contribution is -2.41. The maximum Gasteiger partial charge on any atom is 0.271 e. The normalized spacial score (nSPS) is 23.9. The molecule has 2 N–H and O–H groups in total.